The minimum atomic E-state index is -0.170. The number of anilines is 2. The van der Waals surface area contributed by atoms with E-state index in [4.69, 9.17) is 5.73 Å². The summed E-state index contributed by atoms with van der Waals surface area (Å²) < 4.78 is 0. The molecule has 0 fully saturated rings. The van der Waals surface area contributed by atoms with Crippen LogP contribution in [0, 0.1) is 5.92 Å². The predicted molar refractivity (Wildman–Crippen MR) is 107 cm³/mol. The molecule has 0 saturated carbocycles. The number of carbonyl (C=O) groups is 1. The summed E-state index contributed by atoms with van der Waals surface area (Å²) in [7, 11) is 0. The van der Waals surface area contributed by atoms with Gasteiger partial charge in [0.05, 0.1) is 11.4 Å². The third-order valence-corrected chi connectivity index (χ3v) is 4.16. The predicted octanol–water partition coefficient (Wildman–Crippen LogP) is 4.78. The second-order valence-corrected chi connectivity index (χ2v) is 6.79. The Kier molecular flexibility index (Phi) is 5.32. The Balaban J connectivity index is 1.78. The number of aromatic nitrogens is 1. The van der Waals surface area contributed by atoms with E-state index in [1.54, 1.807) is 18.5 Å². The molecule has 4 heteroatoms. The average Bonchev–Trinajstić information content (AvgIpc) is 2.64. The van der Waals surface area contributed by atoms with Crippen molar-refractivity contribution < 1.29 is 4.79 Å². The van der Waals surface area contributed by atoms with E-state index in [2.05, 4.69) is 24.1 Å². The average molecular weight is 345 g/mol. The molecule has 0 unspecified atom stereocenters. The van der Waals surface area contributed by atoms with Crippen LogP contribution in [0.3, 0.4) is 0 Å². The molecule has 0 aliphatic carbocycles. The van der Waals surface area contributed by atoms with E-state index in [0.717, 1.165) is 17.5 Å². The molecule has 0 saturated heterocycles. The van der Waals surface area contributed by atoms with Crippen LogP contribution in [0.1, 0.15) is 29.8 Å². The molecule has 0 radical (unpaired) electrons. The lowest BCUT2D eigenvalue weighted by Gasteiger charge is -2.11. The van der Waals surface area contributed by atoms with E-state index in [1.807, 2.05) is 48.5 Å². The van der Waals surface area contributed by atoms with Crippen LogP contribution in [-0.4, -0.2) is 10.9 Å². The smallest absolute Gasteiger partial charge is 0.255 e. The second-order valence-electron chi connectivity index (χ2n) is 6.79. The molecular formula is C22H23N3O. The summed E-state index contributed by atoms with van der Waals surface area (Å²) in [5.41, 5.74) is 10.9. The summed E-state index contributed by atoms with van der Waals surface area (Å²) in [6, 6.07) is 17.2. The van der Waals surface area contributed by atoms with Gasteiger partial charge in [0, 0.05) is 23.5 Å². The Labute approximate surface area is 154 Å². The molecule has 4 nitrogen and oxygen atoms in total. The first-order valence-corrected chi connectivity index (χ1v) is 8.73. The van der Waals surface area contributed by atoms with Gasteiger partial charge in [-0.05, 0) is 53.8 Å². The first-order valence-electron chi connectivity index (χ1n) is 8.73. The summed E-state index contributed by atoms with van der Waals surface area (Å²) in [6.45, 7) is 4.36. The maximum absolute atomic E-state index is 12.6. The van der Waals surface area contributed by atoms with E-state index in [0.29, 0.717) is 22.9 Å². The van der Waals surface area contributed by atoms with E-state index in [-0.39, 0.29) is 5.91 Å². The molecule has 132 valence electrons. The Bertz CT molecular complexity index is 887. The number of hydrogen-bond donors (Lipinski definition) is 2. The van der Waals surface area contributed by atoms with Gasteiger partial charge in [-0.3, -0.25) is 9.78 Å². The molecule has 3 rings (SSSR count). The van der Waals surface area contributed by atoms with Crippen molar-refractivity contribution in [2.45, 2.75) is 20.3 Å². The number of hydrogen-bond acceptors (Lipinski definition) is 3. The van der Waals surface area contributed by atoms with E-state index in [9.17, 15) is 4.79 Å². The van der Waals surface area contributed by atoms with Crippen molar-refractivity contribution in [3.63, 3.8) is 0 Å². The topological polar surface area (TPSA) is 68.0 Å². The van der Waals surface area contributed by atoms with Crippen LogP contribution in [-0.2, 0) is 6.42 Å². The fourth-order valence-corrected chi connectivity index (χ4v) is 2.84. The monoisotopic (exact) mass is 345 g/mol. The lowest BCUT2D eigenvalue weighted by Crippen LogP contribution is -2.13. The molecule has 0 atom stereocenters. The molecular weight excluding hydrogens is 322 g/mol. The Morgan fingerprint density at radius 2 is 1.85 bits per heavy atom. The fourth-order valence-electron chi connectivity index (χ4n) is 2.84. The number of benzene rings is 2. The Hall–Kier alpha value is -3.14. The van der Waals surface area contributed by atoms with Crippen molar-refractivity contribution in [3.8, 4) is 11.1 Å². The zero-order valence-electron chi connectivity index (χ0n) is 15.1. The molecule has 0 aliphatic rings. The number of pyridine rings is 1. The van der Waals surface area contributed by atoms with Crippen LogP contribution in [0.25, 0.3) is 11.1 Å². The second kappa shape index (κ2) is 7.83. The van der Waals surface area contributed by atoms with Crippen molar-refractivity contribution in [2.75, 3.05) is 11.1 Å². The molecule has 2 aromatic carbocycles. The lowest BCUT2D eigenvalue weighted by molar-refractivity contribution is 0.102. The summed E-state index contributed by atoms with van der Waals surface area (Å²) in [5.74, 6) is 0.417. The van der Waals surface area contributed by atoms with Gasteiger partial charge in [0.15, 0.2) is 0 Å². The van der Waals surface area contributed by atoms with Gasteiger partial charge in [0.1, 0.15) is 0 Å². The quantitative estimate of drug-likeness (QED) is 0.654. The van der Waals surface area contributed by atoms with Gasteiger partial charge < -0.3 is 11.1 Å². The number of nitrogens with two attached hydrogens (primary N) is 1. The highest BCUT2D eigenvalue weighted by Gasteiger charge is 2.10. The third kappa shape index (κ3) is 4.28. The van der Waals surface area contributed by atoms with Crippen LogP contribution in [0.5, 0.6) is 0 Å². The van der Waals surface area contributed by atoms with Crippen molar-refractivity contribution >= 4 is 17.3 Å². The van der Waals surface area contributed by atoms with Gasteiger partial charge in [-0.2, -0.15) is 0 Å². The molecule has 3 N–H and O–H groups in total. The normalized spacial score (nSPS) is 10.7. The Morgan fingerprint density at radius 3 is 2.50 bits per heavy atom. The molecule has 0 bridgehead atoms. The summed E-state index contributed by atoms with van der Waals surface area (Å²) in [5, 5.41) is 2.91. The SMILES string of the molecule is CC(C)Cc1ccc(C(=O)Nc2cc(-c3cccnc3)ccc2N)cc1. The highest BCUT2D eigenvalue weighted by molar-refractivity contribution is 6.06. The minimum Gasteiger partial charge on any atom is -0.397 e. The molecule has 26 heavy (non-hydrogen) atoms. The zero-order chi connectivity index (χ0) is 18.5. The highest BCUT2D eigenvalue weighted by atomic mass is 16.1. The molecule has 1 heterocycles. The van der Waals surface area contributed by atoms with Gasteiger partial charge in [-0.15, -0.1) is 0 Å². The van der Waals surface area contributed by atoms with Crippen LogP contribution >= 0.6 is 0 Å². The number of amides is 1. The minimum absolute atomic E-state index is 0.170. The van der Waals surface area contributed by atoms with E-state index >= 15 is 0 Å². The summed E-state index contributed by atoms with van der Waals surface area (Å²) >= 11 is 0. The fraction of sp³-hybridized carbons (Fsp3) is 0.182. The zero-order valence-corrected chi connectivity index (χ0v) is 15.1. The van der Waals surface area contributed by atoms with Crippen molar-refractivity contribution in [1.82, 2.24) is 4.98 Å². The van der Waals surface area contributed by atoms with Crippen molar-refractivity contribution in [3.05, 3.63) is 78.1 Å². The summed E-state index contributed by atoms with van der Waals surface area (Å²) in [4.78, 5) is 16.7. The van der Waals surface area contributed by atoms with E-state index < -0.39 is 0 Å². The molecule has 3 aromatic rings. The van der Waals surface area contributed by atoms with E-state index in [1.165, 1.54) is 5.56 Å². The first kappa shape index (κ1) is 17.7. The molecule has 1 amide bonds. The van der Waals surface area contributed by atoms with Crippen LogP contribution in [0.4, 0.5) is 11.4 Å². The highest BCUT2D eigenvalue weighted by Crippen LogP contribution is 2.27. The van der Waals surface area contributed by atoms with Gasteiger partial charge in [0.25, 0.3) is 5.91 Å². The van der Waals surface area contributed by atoms with Gasteiger partial charge >= 0.3 is 0 Å². The maximum Gasteiger partial charge on any atom is 0.255 e. The third-order valence-electron chi connectivity index (χ3n) is 4.16. The van der Waals surface area contributed by atoms with Crippen LogP contribution < -0.4 is 11.1 Å². The molecule has 1 aromatic heterocycles. The number of rotatable bonds is 5. The van der Waals surface area contributed by atoms with Gasteiger partial charge in [-0.1, -0.05) is 38.1 Å². The Morgan fingerprint density at radius 1 is 1.08 bits per heavy atom. The lowest BCUT2D eigenvalue weighted by atomic mass is 10.0. The number of nitrogens with zero attached hydrogens (tertiary/aromatic N) is 1. The number of nitrogens with one attached hydrogen (secondary N) is 1. The van der Waals surface area contributed by atoms with Crippen molar-refractivity contribution in [1.29, 1.82) is 0 Å². The van der Waals surface area contributed by atoms with Gasteiger partial charge in [0.2, 0.25) is 0 Å². The summed E-state index contributed by atoms with van der Waals surface area (Å²) in [6.07, 6.45) is 4.51. The van der Waals surface area contributed by atoms with Crippen LogP contribution in [0.2, 0.25) is 0 Å². The largest absolute Gasteiger partial charge is 0.397 e. The number of carbonyl (C=O) groups excluding carboxylic acids is 1. The van der Waals surface area contributed by atoms with Crippen molar-refractivity contribution in [2.24, 2.45) is 5.92 Å². The molecule has 0 aliphatic heterocycles. The standard InChI is InChI=1S/C22H23N3O/c1-15(2)12-16-5-7-17(8-6-16)22(26)25-21-13-18(9-10-20(21)23)19-4-3-11-24-14-19/h3-11,13-15H,12,23H2,1-2H3,(H,25,26). The maximum atomic E-state index is 12.6. The molecule has 0 spiro atoms. The first-order chi connectivity index (χ1) is 12.5. The van der Waals surface area contributed by atoms with Crippen LogP contribution in [0.15, 0.2) is 67.0 Å². The number of nitrogen functional groups attached to an aromatic ring is 1. The van der Waals surface area contributed by atoms with Gasteiger partial charge in [-0.25, -0.2) is 0 Å².